The van der Waals surface area contributed by atoms with Crippen LogP contribution in [0.5, 0.6) is 0 Å². The topological polar surface area (TPSA) is 92.2 Å². The number of aromatic nitrogens is 2. The molecule has 0 aromatic carbocycles. The summed E-state index contributed by atoms with van der Waals surface area (Å²) in [5.41, 5.74) is 0. The van der Waals surface area contributed by atoms with Gasteiger partial charge >= 0.3 is 12.1 Å². The Morgan fingerprint density at radius 2 is 2.00 bits per heavy atom. The van der Waals surface area contributed by atoms with Gasteiger partial charge in [-0.3, -0.25) is 14.9 Å². The summed E-state index contributed by atoms with van der Waals surface area (Å²) in [5, 5.41) is 15.0. The zero-order valence-electron chi connectivity index (χ0n) is 8.52. The van der Waals surface area contributed by atoms with Gasteiger partial charge in [-0.05, 0) is 0 Å². The normalized spacial score (nSPS) is 11.3. The average Bonchev–Trinajstić information content (AvgIpc) is 2.64. The van der Waals surface area contributed by atoms with Crippen molar-refractivity contribution >= 4 is 40.1 Å². The molecule has 0 aliphatic carbocycles. The minimum absolute atomic E-state index is 0.187. The summed E-state index contributed by atoms with van der Waals surface area (Å²) in [6, 6.07) is 0. The molecule has 0 fully saturated rings. The van der Waals surface area contributed by atoms with Crippen LogP contribution >= 0.6 is 23.1 Å². The van der Waals surface area contributed by atoms with E-state index in [1.807, 2.05) is 0 Å². The third kappa shape index (κ3) is 4.87. The second kappa shape index (κ2) is 6.00. The molecule has 0 aliphatic rings. The van der Waals surface area contributed by atoms with Crippen molar-refractivity contribution in [1.82, 2.24) is 10.2 Å². The minimum Gasteiger partial charge on any atom is -0.481 e. The lowest BCUT2D eigenvalue weighted by atomic mass is 10.7. The van der Waals surface area contributed by atoms with Crippen molar-refractivity contribution < 1.29 is 27.9 Å². The van der Waals surface area contributed by atoms with Gasteiger partial charge in [0, 0.05) is 0 Å². The molecule has 1 amide bonds. The number of carboxylic acid groups (broad SMARTS) is 1. The molecule has 2 N–H and O–H groups in total. The number of alkyl halides is 3. The SMILES string of the molecule is O=C(O)CSCC(=O)Nc1nnc(C(F)(F)F)s1. The standard InChI is InChI=1S/C7H6F3N3O3S2/c8-7(9,10)5-12-13-6(18-5)11-3(14)1-17-2-4(15)16/h1-2H2,(H,15,16)(H,11,13,14). The highest BCUT2D eigenvalue weighted by molar-refractivity contribution is 8.00. The zero-order valence-corrected chi connectivity index (χ0v) is 10.2. The van der Waals surface area contributed by atoms with Crippen LogP contribution in [0.2, 0.25) is 0 Å². The molecule has 0 saturated heterocycles. The number of nitrogens with one attached hydrogen (secondary N) is 1. The first kappa shape index (κ1) is 14.7. The molecule has 0 spiro atoms. The minimum atomic E-state index is -4.60. The smallest absolute Gasteiger partial charge is 0.445 e. The van der Waals surface area contributed by atoms with E-state index in [9.17, 15) is 22.8 Å². The highest BCUT2D eigenvalue weighted by Gasteiger charge is 2.35. The average molecular weight is 301 g/mol. The summed E-state index contributed by atoms with van der Waals surface area (Å²) in [6.45, 7) is 0. The Hall–Kier alpha value is -1.36. The van der Waals surface area contributed by atoms with Gasteiger partial charge in [0.25, 0.3) is 0 Å². The summed E-state index contributed by atoms with van der Waals surface area (Å²) >= 11 is 1.03. The van der Waals surface area contributed by atoms with E-state index in [1.54, 1.807) is 0 Å². The van der Waals surface area contributed by atoms with Crippen LogP contribution in [0.25, 0.3) is 0 Å². The predicted octanol–water partition coefficient (Wildman–Crippen LogP) is 1.31. The van der Waals surface area contributed by atoms with Crippen LogP contribution in [0.15, 0.2) is 0 Å². The van der Waals surface area contributed by atoms with E-state index in [4.69, 9.17) is 5.11 Å². The molecule has 18 heavy (non-hydrogen) atoms. The number of carbonyl (C=O) groups is 2. The Kier molecular flexibility index (Phi) is 4.90. The fourth-order valence-corrected chi connectivity index (χ4v) is 1.94. The number of carboxylic acids is 1. The van der Waals surface area contributed by atoms with Crippen molar-refractivity contribution in [2.24, 2.45) is 0 Å². The first-order chi connectivity index (χ1) is 8.29. The second-order valence-corrected chi connectivity index (χ2v) is 4.81. The number of hydrogen-bond acceptors (Lipinski definition) is 6. The highest BCUT2D eigenvalue weighted by atomic mass is 32.2. The van der Waals surface area contributed by atoms with Gasteiger partial charge < -0.3 is 5.11 Å². The van der Waals surface area contributed by atoms with E-state index in [0.717, 1.165) is 11.8 Å². The Balaban J connectivity index is 2.45. The number of anilines is 1. The molecule has 1 aromatic heterocycles. The first-order valence-electron chi connectivity index (χ1n) is 4.29. The molecule has 6 nitrogen and oxygen atoms in total. The Morgan fingerprint density at radius 1 is 1.33 bits per heavy atom. The van der Waals surface area contributed by atoms with Crippen LogP contribution < -0.4 is 5.32 Å². The summed E-state index contributed by atoms with van der Waals surface area (Å²) in [7, 11) is 0. The molecule has 1 heterocycles. The Labute approximate surface area is 107 Å². The molecule has 0 atom stereocenters. The van der Waals surface area contributed by atoms with Gasteiger partial charge in [-0.2, -0.15) is 13.2 Å². The lowest BCUT2D eigenvalue weighted by Gasteiger charge is -1.99. The van der Waals surface area contributed by atoms with E-state index in [2.05, 4.69) is 15.5 Å². The zero-order chi connectivity index (χ0) is 13.8. The van der Waals surface area contributed by atoms with Crippen molar-refractivity contribution in [2.45, 2.75) is 6.18 Å². The summed E-state index contributed by atoms with van der Waals surface area (Å²) in [5.74, 6) is -2.17. The molecule has 100 valence electrons. The first-order valence-corrected chi connectivity index (χ1v) is 6.26. The van der Waals surface area contributed by atoms with Crippen LogP contribution in [0.3, 0.4) is 0 Å². The number of aliphatic carboxylic acids is 1. The summed E-state index contributed by atoms with van der Waals surface area (Å²) < 4.78 is 36.5. The quantitative estimate of drug-likeness (QED) is 0.852. The molecule has 1 rings (SSSR count). The van der Waals surface area contributed by atoms with Crippen molar-refractivity contribution in [2.75, 3.05) is 16.8 Å². The molecular weight excluding hydrogens is 295 g/mol. The molecule has 11 heteroatoms. The Bertz CT molecular complexity index is 449. The maximum absolute atomic E-state index is 12.2. The largest absolute Gasteiger partial charge is 0.481 e. The van der Waals surface area contributed by atoms with Gasteiger partial charge in [0.15, 0.2) is 0 Å². The number of nitrogens with zero attached hydrogens (tertiary/aromatic N) is 2. The molecule has 0 bridgehead atoms. The third-order valence-corrected chi connectivity index (χ3v) is 3.17. The van der Waals surface area contributed by atoms with E-state index in [-0.39, 0.29) is 28.0 Å². The molecule has 0 saturated carbocycles. The van der Waals surface area contributed by atoms with Crippen molar-refractivity contribution in [3.05, 3.63) is 5.01 Å². The number of hydrogen-bond donors (Lipinski definition) is 2. The lowest BCUT2D eigenvalue weighted by Crippen LogP contribution is -2.15. The number of amides is 1. The van der Waals surface area contributed by atoms with Gasteiger partial charge in [0.05, 0.1) is 11.5 Å². The number of carbonyl (C=O) groups excluding carboxylic acids is 1. The van der Waals surface area contributed by atoms with Crippen molar-refractivity contribution in [1.29, 1.82) is 0 Å². The molecular formula is C7H6F3N3O3S2. The van der Waals surface area contributed by atoms with E-state index >= 15 is 0 Å². The number of rotatable bonds is 5. The van der Waals surface area contributed by atoms with Gasteiger partial charge in [0.1, 0.15) is 0 Å². The third-order valence-electron chi connectivity index (χ3n) is 1.37. The van der Waals surface area contributed by atoms with E-state index in [0.29, 0.717) is 0 Å². The van der Waals surface area contributed by atoms with Gasteiger partial charge in [-0.15, -0.1) is 22.0 Å². The van der Waals surface area contributed by atoms with Crippen LogP contribution in [0.1, 0.15) is 5.01 Å². The lowest BCUT2D eigenvalue weighted by molar-refractivity contribution is -0.138. The van der Waals surface area contributed by atoms with Gasteiger partial charge in [-0.25, -0.2) is 0 Å². The maximum Gasteiger partial charge on any atom is 0.445 e. The summed E-state index contributed by atoms with van der Waals surface area (Å²) in [4.78, 5) is 21.3. The molecule has 0 aliphatic heterocycles. The number of halogens is 3. The van der Waals surface area contributed by atoms with Gasteiger partial charge in [-0.1, -0.05) is 11.3 Å². The van der Waals surface area contributed by atoms with Crippen LogP contribution in [0.4, 0.5) is 18.3 Å². The Morgan fingerprint density at radius 3 is 2.50 bits per heavy atom. The van der Waals surface area contributed by atoms with Crippen molar-refractivity contribution in [3.8, 4) is 0 Å². The monoisotopic (exact) mass is 301 g/mol. The van der Waals surface area contributed by atoms with Crippen LogP contribution in [0, 0.1) is 0 Å². The fraction of sp³-hybridized carbons (Fsp3) is 0.429. The predicted molar refractivity (Wildman–Crippen MR) is 58.5 cm³/mol. The van der Waals surface area contributed by atoms with E-state index in [1.165, 1.54) is 0 Å². The maximum atomic E-state index is 12.2. The van der Waals surface area contributed by atoms with Crippen LogP contribution in [-0.4, -0.2) is 38.7 Å². The molecule has 1 aromatic rings. The highest BCUT2D eigenvalue weighted by Crippen LogP contribution is 2.32. The van der Waals surface area contributed by atoms with Crippen LogP contribution in [-0.2, 0) is 15.8 Å². The number of thioether (sulfide) groups is 1. The summed E-state index contributed by atoms with van der Waals surface area (Å²) in [6.07, 6.45) is -4.60. The molecule has 0 radical (unpaired) electrons. The second-order valence-electron chi connectivity index (χ2n) is 2.84. The van der Waals surface area contributed by atoms with Crippen molar-refractivity contribution in [3.63, 3.8) is 0 Å². The van der Waals surface area contributed by atoms with E-state index < -0.39 is 23.1 Å². The van der Waals surface area contributed by atoms with Gasteiger partial charge in [0.2, 0.25) is 16.0 Å². The fourth-order valence-electron chi connectivity index (χ4n) is 0.775. The molecule has 0 unspecified atom stereocenters.